The fourth-order valence-electron chi connectivity index (χ4n) is 4.57. The fraction of sp³-hybridized carbons (Fsp3) is 0.370. The van der Waals surface area contributed by atoms with E-state index < -0.39 is 54.0 Å². The Morgan fingerprint density at radius 2 is 1.54 bits per heavy atom. The van der Waals surface area contributed by atoms with Crippen molar-refractivity contribution >= 4 is 23.4 Å². The summed E-state index contributed by atoms with van der Waals surface area (Å²) in [5.74, 6) is -2.86. The van der Waals surface area contributed by atoms with E-state index in [0.717, 1.165) is 11.8 Å². The number of nitrogens with one attached hydrogen (secondary N) is 1. The lowest BCUT2D eigenvalue weighted by Gasteiger charge is -2.49. The predicted molar refractivity (Wildman–Crippen MR) is 131 cm³/mol. The number of amides is 3. The van der Waals surface area contributed by atoms with Gasteiger partial charge in [-0.3, -0.25) is 19.3 Å². The number of hydrogen-bond acceptors (Lipinski definition) is 4. The Morgan fingerprint density at radius 3 is 2.00 bits per heavy atom. The van der Waals surface area contributed by atoms with E-state index in [9.17, 15) is 32.7 Å². The van der Waals surface area contributed by atoms with Crippen molar-refractivity contribution in [2.24, 2.45) is 5.92 Å². The summed E-state index contributed by atoms with van der Waals surface area (Å²) in [5, 5.41) is 12.9. The highest BCUT2D eigenvalue weighted by Crippen LogP contribution is 2.40. The number of rotatable bonds is 7. The third kappa shape index (κ3) is 5.69. The van der Waals surface area contributed by atoms with Gasteiger partial charge in [-0.15, -0.1) is 0 Å². The molecule has 3 atom stereocenters. The van der Waals surface area contributed by atoms with E-state index in [1.54, 1.807) is 79.8 Å². The van der Waals surface area contributed by atoms with Gasteiger partial charge >= 0.3 is 6.18 Å². The average Bonchev–Trinajstić information content (AvgIpc) is 2.82. The molecule has 0 aromatic heterocycles. The zero-order valence-electron chi connectivity index (χ0n) is 21.0. The molecule has 0 spiro atoms. The molecule has 0 aliphatic carbocycles. The van der Waals surface area contributed by atoms with Crippen LogP contribution in [-0.2, 0) is 20.8 Å². The second-order valence-electron chi connectivity index (χ2n) is 9.35. The number of halogens is 3. The van der Waals surface area contributed by atoms with Gasteiger partial charge in [0, 0.05) is 20.0 Å². The number of hydrogen-bond donors (Lipinski definition) is 2. The smallest absolute Gasteiger partial charge is 0.362 e. The SMILES string of the molecule is CC(=O)NC(O)(C(Cc1ccccc1)N1C(=O)[C@@H](C(C)C)N(C(C)=O)C=C1c1ccccc1)C(F)(F)F. The zero-order valence-corrected chi connectivity index (χ0v) is 21.0. The first-order valence-electron chi connectivity index (χ1n) is 11.8. The van der Waals surface area contributed by atoms with E-state index in [2.05, 4.69) is 0 Å². The molecule has 0 radical (unpaired) electrons. The van der Waals surface area contributed by atoms with Gasteiger partial charge in [0.1, 0.15) is 6.04 Å². The van der Waals surface area contributed by atoms with Gasteiger partial charge in [-0.2, -0.15) is 13.2 Å². The summed E-state index contributed by atoms with van der Waals surface area (Å²) in [6.45, 7) is 5.47. The van der Waals surface area contributed by atoms with Crippen molar-refractivity contribution in [3.8, 4) is 0 Å². The van der Waals surface area contributed by atoms with Gasteiger partial charge in [0.05, 0.1) is 11.7 Å². The summed E-state index contributed by atoms with van der Waals surface area (Å²) in [4.78, 5) is 40.6. The van der Waals surface area contributed by atoms with Crippen LogP contribution in [0.4, 0.5) is 13.2 Å². The summed E-state index contributed by atoms with van der Waals surface area (Å²) in [6.07, 6.45) is -4.46. The van der Waals surface area contributed by atoms with Gasteiger partial charge in [-0.05, 0) is 23.5 Å². The molecular formula is C27H30F3N3O4. The third-order valence-electron chi connectivity index (χ3n) is 6.24. The number of benzene rings is 2. The minimum atomic E-state index is -5.36. The number of aliphatic hydroxyl groups is 1. The molecule has 3 rings (SSSR count). The number of carbonyl (C=O) groups is 3. The summed E-state index contributed by atoms with van der Waals surface area (Å²) in [5.41, 5.74) is -3.06. The van der Waals surface area contributed by atoms with Crippen LogP contribution in [0.5, 0.6) is 0 Å². The van der Waals surface area contributed by atoms with Crippen molar-refractivity contribution < 1.29 is 32.7 Å². The van der Waals surface area contributed by atoms with Gasteiger partial charge < -0.3 is 15.3 Å². The molecule has 1 aliphatic heterocycles. The van der Waals surface area contributed by atoms with Crippen LogP contribution in [0.15, 0.2) is 66.9 Å². The molecule has 2 unspecified atom stereocenters. The van der Waals surface area contributed by atoms with Crippen LogP contribution in [-0.4, -0.2) is 56.6 Å². The monoisotopic (exact) mass is 517 g/mol. The zero-order chi connectivity index (χ0) is 27.5. The highest BCUT2D eigenvalue weighted by Gasteiger charge is 2.63. The van der Waals surface area contributed by atoms with Crippen molar-refractivity contribution in [1.82, 2.24) is 15.1 Å². The van der Waals surface area contributed by atoms with E-state index >= 15 is 0 Å². The van der Waals surface area contributed by atoms with E-state index in [0.29, 0.717) is 11.1 Å². The Balaban J connectivity index is 2.35. The third-order valence-corrected chi connectivity index (χ3v) is 6.24. The Bertz CT molecular complexity index is 1170. The molecule has 37 heavy (non-hydrogen) atoms. The summed E-state index contributed by atoms with van der Waals surface area (Å²) >= 11 is 0. The first-order valence-corrected chi connectivity index (χ1v) is 11.8. The minimum Gasteiger partial charge on any atom is -0.362 e. The van der Waals surface area contributed by atoms with E-state index in [-0.39, 0.29) is 5.70 Å². The van der Waals surface area contributed by atoms with Crippen molar-refractivity contribution in [3.05, 3.63) is 78.0 Å². The minimum absolute atomic E-state index is 0.00772. The molecule has 2 aromatic carbocycles. The first-order chi connectivity index (χ1) is 17.3. The average molecular weight is 518 g/mol. The maximum atomic E-state index is 14.6. The molecular weight excluding hydrogens is 487 g/mol. The van der Waals surface area contributed by atoms with Crippen molar-refractivity contribution in [3.63, 3.8) is 0 Å². The molecule has 7 nitrogen and oxygen atoms in total. The quantitative estimate of drug-likeness (QED) is 0.549. The molecule has 1 aliphatic rings. The van der Waals surface area contributed by atoms with E-state index in [4.69, 9.17) is 0 Å². The van der Waals surface area contributed by atoms with Gasteiger partial charge in [0.25, 0.3) is 11.6 Å². The normalized spacial score (nSPS) is 18.8. The van der Waals surface area contributed by atoms with Gasteiger partial charge in [-0.1, -0.05) is 74.5 Å². The molecule has 198 valence electrons. The Labute approximate surface area is 213 Å². The maximum Gasteiger partial charge on any atom is 0.438 e. The lowest BCUT2D eigenvalue weighted by atomic mass is 9.89. The molecule has 10 heteroatoms. The van der Waals surface area contributed by atoms with Crippen LogP contribution in [0.25, 0.3) is 5.70 Å². The fourth-order valence-corrected chi connectivity index (χ4v) is 4.57. The molecule has 1 heterocycles. The molecule has 0 saturated carbocycles. The van der Waals surface area contributed by atoms with Gasteiger partial charge in [0.2, 0.25) is 11.8 Å². The Hall–Kier alpha value is -3.66. The summed E-state index contributed by atoms with van der Waals surface area (Å²) in [7, 11) is 0. The van der Waals surface area contributed by atoms with Crippen LogP contribution in [0.1, 0.15) is 38.8 Å². The second-order valence-corrected chi connectivity index (χ2v) is 9.35. The van der Waals surface area contributed by atoms with E-state index in [1.807, 2.05) is 0 Å². The summed E-state index contributed by atoms with van der Waals surface area (Å²) < 4.78 is 43.8. The molecule has 2 N–H and O–H groups in total. The van der Waals surface area contributed by atoms with Crippen LogP contribution in [0, 0.1) is 5.92 Å². The van der Waals surface area contributed by atoms with E-state index in [1.165, 1.54) is 18.0 Å². The lowest BCUT2D eigenvalue weighted by Crippen LogP contribution is -2.72. The Kier molecular flexibility index (Phi) is 8.12. The van der Waals surface area contributed by atoms with Gasteiger partial charge in [-0.25, -0.2) is 0 Å². The largest absolute Gasteiger partial charge is 0.438 e. The number of nitrogens with zero attached hydrogens (tertiary/aromatic N) is 2. The van der Waals surface area contributed by atoms with Crippen molar-refractivity contribution in [2.75, 3.05) is 0 Å². The summed E-state index contributed by atoms with van der Waals surface area (Å²) in [6, 6.07) is 13.1. The van der Waals surface area contributed by atoms with Crippen LogP contribution >= 0.6 is 0 Å². The molecule has 0 bridgehead atoms. The molecule has 0 fully saturated rings. The highest BCUT2D eigenvalue weighted by molar-refractivity contribution is 5.97. The Morgan fingerprint density at radius 1 is 1.00 bits per heavy atom. The number of carbonyl (C=O) groups excluding carboxylic acids is 3. The lowest BCUT2D eigenvalue weighted by molar-refractivity contribution is -0.287. The molecule has 0 saturated heterocycles. The highest BCUT2D eigenvalue weighted by atomic mass is 19.4. The van der Waals surface area contributed by atoms with Crippen LogP contribution in [0.3, 0.4) is 0 Å². The van der Waals surface area contributed by atoms with Gasteiger partial charge in [0.15, 0.2) is 0 Å². The van der Waals surface area contributed by atoms with Crippen LogP contribution < -0.4 is 5.32 Å². The number of alkyl halides is 3. The predicted octanol–water partition coefficient (Wildman–Crippen LogP) is 3.70. The van der Waals surface area contributed by atoms with Crippen LogP contribution in [0.2, 0.25) is 0 Å². The standard InChI is InChI=1S/C27H30F3N3O4/c1-17(2)24-25(36)33(22(16-32(24)19(4)35)21-13-9-6-10-14-21)23(15-20-11-7-5-8-12-20)26(37,27(28,29)30)31-18(3)34/h5-14,16-17,23-24,37H,15H2,1-4H3,(H,31,34)/t23?,24-,26?/m1/s1. The molecule has 2 aromatic rings. The topological polar surface area (TPSA) is 89.9 Å². The maximum absolute atomic E-state index is 14.6. The van der Waals surface area contributed by atoms with Crippen molar-refractivity contribution in [1.29, 1.82) is 0 Å². The second kappa shape index (κ2) is 10.8. The van der Waals surface area contributed by atoms with Crippen molar-refractivity contribution in [2.45, 2.75) is 58.1 Å². The first kappa shape index (κ1) is 27.9. The molecule has 3 amide bonds.